The summed E-state index contributed by atoms with van der Waals surface area (Å²) in [7, 11) is 0. The number of carbonyl (C=O) groups is 1. The topological polar surface area (TPSA) is 62.2 Å². The van der Waals surface area contributed by atoms with Gasteiger partial charge in [-0.15, -0.1) is 11.3 Å². The summed E-state index contributed by atoms with van der Waals surface area (Å²) in [4.78, 5) is 16.0. The summed E-state index contributed by atoms with van der Waals surface area (Å²) in [6, 6.07) is 6.67. The molecule has 0 bridgehead atoms. The molecule has 5 heteroatoms. The summed E-state index contributed by atoms with van der Waals surface area (Å²) >= 11 is 1.62. The molecule has 2 rings (SSSR count). The van der Waals surface area contributed by atoms with Gasteiger partial charge in [0.2, 0.25) is 5.91 Å². The molecule has 0 radical (unpaired) electrons. The predicted octanol–water partition coefficient (Wildman–Crippen LogP) is 2.06. The fourth-order valence-electron chi connectivity index (χ4n) is 1.69. The number of hydrogen-bond donors (Lipinski definition) is 2. The summed E-state index contributed by atoms with van der Waals surface area (Å²) < 4.78 is 0. The van der Waals surface area contributed by atoms with Crippen LogP contribution in [0.15, 0.2) is 29.6 Å². The van der Waals surface area contributed by atoms with Crippen LogP contribution in [0.25, 0.3) is 0 Å². The summed E-state index contributed by atoms with van der Waals surface area (Å²) in [5, 5.41) is 15.1. The quantitative estimate of drug-likeness (QED) is 0.878. The maximum absolute atomic E-state index is 11.7. The van der Waals surface area contributed by atoms with E-state index in [1.54, 1.807) is 35.6 Å². The standard InChI is InChI=1S/C14H16N2O2S/c1-10-9-19-14(16-10)6-7-15-13(18)8-11-2-4-12(17)5-3-11/h2-5,9,17H,6-8H2,1H3,(H,15,18). The van der Waals surface area contributed by atoms with Gasteiger partial charge in [0.15, 0.2) is 0 Å². The molecule has 0 unspecified atom stereocenters. The van der Waals surface area contributed by atoms with E-state index in [0.717, 1.165) is 22.7 Å². The highest BCUT2D eigenvalue weighted by Crippen LogP contribution is 2.10. The highest BCUT2D eigenvalue weighted by atomic mass is 32.1. The van der Waals surface area contributed by atoms with Gasteiger partial charge >= 0.3 is 0 Å². The van der Waals surface area contributed by atoms with E-state index in [1.165, 1.54) is 0 Å². The molecule has 2 N–H and O–H groups in total. The van der Waals surface area contributed by atoms with Crippen molar-refractivity contribution in [3.05, 3.63) is 45.9 Å². The zero-order valence-electron chi connectivity index (χ0n) is 10.7. The third-order valence-electron chi connectivity index (χ3n) is 2.63. The fourth-order valence-corrected chi connectivity index (χ4v) is 2.46. The molecule has 0 spiro atoms. The second kappa shape index (κ2) is 6.33. The van der Waals surface area contributed by atoms with Gasteiger partial charge in [-0.2, -0.15) is 0 Å². The molecule has 4 nitrogen and oxygen atoms in total. The molecule has 19 heavy (non-hydrogen) atoms. The first kappa shape index (κ1) is 13.5. The molecular formula is C14H16N2O2S. The lowest BCUT2D eigenvalue weighted by Gasteiger charge is -2.04. The van der Waals surface area contributed by atoms with E-state index in [0.29, 0.717) is 13.0 Å². The van der Waals surface area contributed by atoms with E-state index < -0.39 is 0 Å². The van der Waals surface area contributed by atoms with Crippen molar-refractivity contribution in [1.82, 2.24) is 10.3 Å². The molecule has 100 valence electrons. The van der Waals surface area contributed by atoms with Crippen molar-refractivity contribution in [3.63, 3.8) is 0 Å². The Morgan fingerprint density at radius 3 is 2.74 bits per heavy atom. The number of aromatic nitrogens is 1. The molecule has 2 aromatic rings. The van der Waals surface area contributed by atoms with Gasteiger partial charge in [-0.25, -0.2) is 4.98 Å². The number of thiazole rings is 1. The number of amides is 1. The number of hydrogen-bond acceptors (Lipinski definition) is 4. The number of rotatable bonds is 5. The molecule has 0 aliphatic carbocycles. The van der Waals surface area contributed by atoms with Crippen molar-refractivity contribution >= 4 is 17.2 Å². The Hall–Kier alpha value is -1.88. The van der Waals surface area contributed by atoms with Gasteiger partial charge in [0.1, 0.15) is 5.75 Å². The predicted molar refractivity (Wildman–Crippen MR) is 75.4 cm³/mol. The van der Waals surface area contributed by atoms with E-state index in [1.807, 2.05) is 12.3 Å². The van der Waals surface area contributed by atoms with Gasteiger partial charge in [-0.1, -0.05) is 12.1 Å². The number of aromatic hydroxyl groups is 1. The van der Waals surface area contributed by atoms with Crippen LogP contribution in [0.1, 0.15) is 16.3 Å². The van der Waals surface area contributed by atoms with Crippen LogP contribution in [0.3, 0.4) is 0 Å². The Morgan fingerprint density at radius 2 is 2.11 bits per heavy atom. The summed E-state index contributed by atoms with van der Waals surface area (Å²) in [5.41, 5.74) is 1.91. The number of carbonyl (C=O) groups excluding carboxylic acids is 1. The van der Waals surface area contributed by atoms with Gasteiger partial charge in [-0.3, -0.25) is 4.79 Å². The zero-order valence-corrected chi connectivity index (χ0v) is 11.5. The number of phenols is 1. The monoisotopic (exact) mass is 276 g/mol. The molecule has 0 atom stereocenters. The number of phenolic OH excluding ortho intramolecular Hbond substituents is 1. The minimum atomic E-state index is -0.0148. The van der Waals surface area contributed by atoms with Crippen LogP contribution in [0.4, 0.5) is 0 Å². The van der Waals surface area contributed by atoms with Crippen LogP contribution < -0.4 is 5.32 Å². The molecule has 0 aliphatic rings. The maximum atomic E-state index is 11.7. The van der Waals surface area contributed by atoms with Crippen molar-refractivity contribution in [1.29, 1.82) is 0 Å². The molecule has 0 fully saturated rings. The van der Waals surface area contributed by atoms with Crippen molar-refractivity contribution in [2.24, 2.45) is 0 Å². The lowest BCUT2D eigenvalue weighted by Crippen LogP contribution is -2.27. The molecule has 0 aliphatic heterocycles. The number of nitrogens with zero attached hydrogens (tertiary/aromatic N) is 1. The van der Waals surface area contributed by atoms with Gasteiger partial charge in [0.25, 0.3) is 0 Å². The second-order valence-electron chi connectivity index (χ2n) is 4.33. The Kier molecular flexibility index (Phi) is 4.52. The van der Waals surface area contributed by atoms with E-state index in [9.17, 15) is 4.79 Å². The second-order valence-corrected chi connectivity index (χ2v) is 5.27. The van der Waals surface area contributed by atoms with Crippen LogP contribution in [-0.2, 0) is 17.6 Å². The molecule has 0 saturated carbocycles. The first-order valence-electron chi connectivity index (χ1n) is 6.09. The normalized spacial score (nSPS) is 10.4. The van der Waals surface area contributed by atoms with Crippen LogP contribution in [-0.4, -0.2) is 22.5 Å². The first-order valence-corrected chi connectivity index (χ1v) is 6.97. The Bertz CT molecular complexity index is 549. The SMILES string of the molecule is Cc1csc(CCNC(=O)Cc2ccc(O)cc2)n1. The minimum absolute atomic E-state index is 0.0148. The minimum Gasteiger partial charge on any atom is -0.508 e. The van der Waals surface area contributed by atoms with Crippen molar-refractivity contribution in [2.45, 2.75) is 19.8 Å². The van der Waals surface area contributed by atoms with Crippen molar-refractivity contribution in [3.8, 4) is 5.75 Å². The van der Waals surface area contributed by atoms with Gasteiger partial charge in [0.05, 0.1) is 11.4 Å². The first-order chi connectivity index (χ1) is 9.13. The molecule has 1 heterocycles. The highest BCUT2D eigenvalue weighted by molar-refractivity contribution is 7.09. The smallest absolute Gasteiger partial charge is 0.224 e. The van der Waals surface area contributed by atoms with Crippen LogP contribution in [0, 0.1) is 6.92 Å². The van der Waals surface area contributed by atoms with Crippen molar-refractivity contribution in [2.75, 3.05) is 6.54 Å². The van der Waals surface area contributed by atoms with Gasteiger partial charge in [-0.05, 0) is 24.6 Å². The third-order valence-corrected chi connectivity index (χ3v) is 3.66. The number of benzene rings is 1. The maximum Gasteiger partial charge on any atom is 0.224 e. The zero-order chi connectivity index (χ0) is 13.7. The van der Waals surface area contributed by atoms with Crippen LogP contribution in [0.5, 0.6) is 5.75 Å². The van der Waals surface area contributed by atoms with E-state index >= 15 is 0 Å². The average Bonchev–Trinajstić information content (AvgIpc) is 2.78. The fraction of sp³-hybridized carbons (Fsp3) is 0.286. The van der Waals surface area contributed by atoms with Gasteiger partial charge in [0, 0.05) is 24.0 Å². The highest BCUT2D eigenvalue weighted by Gasteiger charge is 2.04. The summed E-state index contributed by atoms with van der Waals surface area (Å²) in [5.74, 6) is 0.197. The Labute approximate surface area is 116 Å². The summed E-state index contributed by atoms with van der Waals surface area (Å²) in [6.07, 6.45) is 1.09. The van der Waals surface area contributed by atoms with Crippen LogP contribution in [0.2, 0.25) is 0 Å². The van der Waals surface area contributed by atoms with Gasteiger partial charge < -0.3 is 10.4 Å². The van der Waals surface area contributed by atoms with E-state index in [4.69, 9.17) is 5.11 Å². The lowest BCUT2D eigenvalue weighted by molar-refractivity contribution is -0.120. The van der Waals surface area contributed by atoms with E-state index in [2.05, 4.69) is 10.3 Å². The molecule has 1 amide bonds. The number of nitrogens with one attached hydrogen (secondary N) is 1. The lowest BCUT2D eigenvalue weighted by atomic mass is 10.1. The summed E-state index contributed by atoms with van der Waals surface area (Å²) in [6.45, 7) is 2.56. The molecule has 0 saturated heterocycles. The van der Waals surface area contributed by atoms with E-state index in [-0.39, 0.29) is 11.7 Å². The molecule has 1 aromatic heterocycles. The Balaban J connectivity index is 1.74. The average molecular weight is 276 g/mol. The molecule has 1 aromatic carbocycles. The molecular weight excluding hydrogens is 260 g/mol. The van der Waals surface area contributed by atoms with Crippen molar-refractivity contribution < 1.29 is 9.90 Å². The van der Waals surface area contributed by atoms with Crippen LogP contribution >= 0.6 is 11.3 Å². The Morgan fingerprint density at radius 1 is 1.37 bits per heavy atom. The number of aryl methyl sites for hydroxylation is 1. The third kappa shape index (κ3) is 4.37. The largest absolute Gasteiger partial charge is 0.508 e.